The third kappa shape index (κ3) is 8.34. The van der Waals surface area contributed by atoms with Gasteiger partial charge in [-0.2, -0.15) is 0 Å². The first-order valence-corrected chi connectivity index (χ1v) is 10.1. The maximum Gasteiger partial charge on any atom is 0.325 e. The first-order valence-electron chi connectivity index (χ1n) is 10.1. The molecule has 9 N–H and O–H groups in total. The van der Waals surface area contributed by atoms with Gasteiger partial charge in [-0.15, -0.1) is 0 Å². The van der Waals surface area contributed by atoms with Crippen LogP contribution in [-0.2, 0) is 30.4 Å². The monoisotopic (exact) mass is 453 g/mol. The lowest BCUT2D eigenvalue weighted by Crippen LogP contribution is -2.59. The second-order valence-electron chi connectivity index (χ2n) is 7.56. The molecule has 13 heteroatoms. The van der Waals surface area contributed by atoms with Crippen molar-refractivity contribution >= 4 is 29.6 Å². The molecule has 1 heterocycles. The van der Waals surface area contributed by atoms with Crippen LogP contribution in [0.5, 0.6) is 0 Å². The van der Waals surface area contributed by atoms with E-state index in [2.05, 4.69) is 25.9 Å². The van der Waals surface area contributed by atoms with Gasteiger partial charge in [-0.05, 0) is 12.8 Å². The smallest absolute Gasteiger partial charge is 0.325 e. The molecule has 32 heavy (non-hydrogen) atoms. The Kier molecular flexibility index (Phi) is 10.3. The number of rotatable bonds is 13. The van der Waals surface area contributed by atoms with E-state index >= 15 is 0 Å². The summed E-state index contributed by atoms with van der Waals surface area (Å²) in [6, 6.07) is -4.61. The minimum Gasteiger partial charge on any atom is -0.480 e. The van der Waals surface area contributed by atoms with Crippen molar-refractivity contribution in [3.63, 3.8) is 0 Å². The van der Waals surface area contributed by atoms with Gasteiger partial charge in [0.25, 0.3) is 0 Å². The first-order chi connectivity index (χ1) is 15.0. The summed E-state index contributed by atoms with van der Waals surface area (Å²) in [6.07, 6.45) is 2.99. The molecule has 5 unspecified atom stereocenters. The highest BCUT2D eigenvalue weighted by Crippen LogP contribution is 2.10. The van der Waals surface area contributed by atoms with Crippen LogP contribution in [0.2, 0.25) is 0 Å². The average molecular weight is 454 g/mol. The zero-order valence-electron chi connectivity index (χ0n) is 18.3. The van der Waals surface area contributed by atoms with Crippen molar-refractivity contribution in [2.45, 2.75) is 64.2 Å². The Morgan fingerprint density at radius 2 is 1.75 bits per heavy atom. The number of hydrogen-bond donors (Lipinski definition) is 7. The minimum atomic E-state index is -1.24. The number of nitrogens with zero attached hydrogens (tertiary/aromatic N) is 1. The molecule has 1 aromatic rings. The Bertz CT molecular complexity index is 813. The summed E-state index contributed by atoms with van der Waals surface area (Å²) in [5, 5.41) is 16.4. The number of nitrogens with two attached hydrogens (primary N) is 2. The van der Waals surface area contributed by atoms with Crippen molar-refractivity contribution in [3.05, 3.63) is 18.2 Å². The molecule has 0 aromatic carbocycles. The van der Waals surface area contributed by atoms with Crippen LogP contribution in [0.25, 0.3) is 0 Å². The number of primary amides is 1. The molecule has 1 aromatic heterocycles. The Hall–Kier alpha value is -3.48. The quantitative estimate of drug-likeness (QED) is 0.172. The predicted molar refractivity (Wildman–Crippen MR) is 113 cm³/mol. The van der Waals surface area contributed by atoms with Crippen molar-refractivity contribution < 1.29 is 29.1 Å². The van der Waals surface area contributed by atoms with E-state index in [1.165, 1.54) is 19.4 Å². The number of amides is 4. The first kappa shape index (κ1) is 26.6. The number of aromatic nitrogens is 2. The SMILES string of the molecule is CCC(C)C(NC(=O)C(N)CC(N)=O)C(=O)NC(Cc1cnc[nH]1)C(=O)NC(C)C(=O)O. The second kappa shape index (κ2) is 12.4. The van der Waals surface area contributed by atoms with Crippen LogP contribution in [0.3, 0.4) is 0 Å². The molecular formula is C19H31N7O6. The van der Waals surface area contributed by atoms with Gasteiger partial charge in [-0.25, -0.2) is 4.98 Å². The Morgan fingerprint density at radius 1 is 1.09 bits per heavy atom. The lowest BCUT2D eigenvalue weighted by atomic mass is 9.97. The van der Waals surface area contributed by atoms with Gasteiger partial charge in [-0.3, -0.25) is 24.0 Å². The van der Waals surface area contributed by atoms with E-state index in [0.717, 1.165) is 0 Å². The summed E-state index contributed by atoms with van der Waals surface area (Å²) in [6.45, 7) is 4.82. The number of carbonyl (C=O) groups is 5. The third-order valence-electron chi connectivity index (χ3n) is 4.89. The normalized spacial score (nSPS) is 15.5. The van der Waals surface area contributed by atoms with Gasteiger partial charge >= 0.3 is 5.97 Å². The molecule has 0 radical (unpaired) electrons. The molecule has 0 bridgehead atoms. The summed E-state index contributed by atoms with van der Waals surface area (Å²) in [4.78, 5) is 66.8. The van der Waals surface area contributed by atoms with Gasteiger partial charge < -0.3 is 37.5 Å². The topological polar surface area (TPSA) is 222 Å². The highest BCUT2D eigenvalue weighted by molar-refractivity contribution is 5.95. The highest BCUT2D eigenvalue weighted by atomic mass is 16.4. The van der Waals surface area contributed by atoms with Crippen molar-refractivity contribution in [1.29, 1.82) is 0 Å². The molecule has 0 aliphatic carbocycles. The van der Waals surface area contributed by atoms with Gasteiger partial charge in [0.1, 0.15) is 18.1 Å². The number of carboxylic acid groups (broad SMARTS) is 1. The van der Waals surface area contributed by atoms with Crippen molar-refractivity contribution in [2.75, 3.05) is 0 Å². The number of imidazole rings is 1. The molecule has 13 nitrogen and oxygen atoms in total. The summed E-state index contributed by atoms with van der Waals surface area (Å²) >= 11 is 0. The zero-order chi connectivity index (χ0) is 24.4. The number of H-pyrrole nitrogens is 1. The molecule has 178 valence electrons. The van der Waals surface area contributed by atoms with E-state index in [1.54, 1.807) is 6.92 Å². The summed E-state index contributed by atoms with van der Waals surface area (Å²) in [7, 11) is 0. The van der Waals surface area contributed by atoms with Crippen LogP contribution in [-0.4, -0.2) is 68.8 Å². The number of carboxylic acids is 1. The Labute approximate surface area is 185 Å². The van der Waals surface area contributed by atoms with E-state index < -0.39 is 60.2 Å². The highest BCUT2D eigenvalue weighted by Gasteiger charge is 2.32. The van der Waals surface area contributed by atoms with E-state index in [-0.39, 0.29) is 12.3 Å². The number of carbonyl (C=O) groups excluding carboxylic acids is 4. The van der Waals surface area contributed by atoms with Crippen molar-refractivity contribution in [2.24, 2.45) is 17.4 Å². The molecule has 0 spiro atoms. The predicted octanol–water partition coefficient (Wildman–Crippen LogP) is -2.24. The van der Waals surface area contributed by atoms with Crippen molar-refractivity contribution in [3.8, 4) is 0 Å². The van der Waals surface area contributed by atoms with Gasteiger partial charge in [0.2, 0.25) is 23.6 Å². The van der Waals surface area contributed by atoms with Gasteiger partial charge in [0.15, 0.2) is 0 Å². The third-order valence-corrected chi connectivity index (χ3v) is 4.89. The van der Waals surface area contributed by atoms with Crippen LogP contribution in [0.4, 0.5) is 0 Å². The second-order valence-corrected chi connectivity index (χ2v) is 7.56. The maximum atomic E-state index is 13.0. The molecular weight excluding hydrogens is 422 g/mol. The van der Waals surface area contributed by atoms with Crippen LogP contribution in [0, 0.1) is 5.92 Å². The van der Waals surface area contributed by atoms with Crippen LogP contribution >= 0.6 is 0 Å². The van der Waals surface area contributed by atoms with Crippen LogP contribution in [0.15, 0.2) is 12.5 Å². The number of nitrogens with one attached hydrogen (secondary N) is 4. The molecule has 0 saturated carbocycles. The van der Waals surface area contributed by atoms with Gasteiger partial charge in [-0.1, -0.05) is 20.3 Å². The molecule has 0 aliphatic rings. The Morgan fingerprint density at radius 3 is 2.25 bits per heavy atom. The molecule has 1 rings (SSSR count). The number of aromatic amines is 1. The average Bonchev–Trinajstić information content (AvgIpc) is 3.22. The lowest BCUT2D eigenvalue weighted by Gasteiger charge is -2.27. The van der Waals surface area contributed by atoms with E-state index in [4.69, 9.17) is 16.6 Å². The lowest BCUT2D eigenvalue weighted by molar-refractivity contribution is -0.141. The molecule has 0 fully saturated rings. The minimum absolute atomic E-state index is 0.00622. The van der Waals surface area contributed by atoms with Crippen molar-refractivity contribution in [1.82, 2.24) is 25.9 Å². The van der Waals surface area contributed by atoms with Crippen LogP contribution in [0.1, 0.15) is 39.3 Å². The largest absolute Gasteiger partial charge is 0.480 e. The Balaban J connectivity index is 3.02. The van der Waals surface area contributed by atoms with Crippen LogP contribution < -0.4 is 27.4 Å². The molecule has 0 saturated heterocycles. The fourth-order valence-electron chi connectivity index (χ4n) is 2.73. The fraction of sp³-hybridized carbons (Fsp3) is 0.579. The van der Waals surface area contributed by atoms with E-state index in [0.29, 0.717) is 12.1 Å². The molecule has 5 atom stereocenters. The number of hydrogen-bond acceptors (Lipinski definition) is 7. The summed E-state index contributed by atoms with van der Waals surface area (Å²) < 4.78 is 0. The fourth-order valence-corrected chi connectivity index (χ4v) is 2.73. The van der Waals surface area contributed by atoms with Gasteiger partial charge in [0, 0.05) is 18.3 Å². The maximum absolute atomic E-state index is 13.0. The van der Waals surface area contributed by atoms with E-state index in [9.17, 15) is 24.0 Å². The number of aliphatic carboxylic acids is 1. The molecule has 0 aliphatic heterocycles. The summed E-state index contributed by atoms with van der Waals surface area (Å²) in [5.41, 5.74) is 11.2. The van der Waals surface area contributed by atoms with Gasteiger partial charge in [0.05, 0.1) is 18.8 Å². The molecule has 4 amide bonds. The van der Waals surface area contributed by atoms with E-state index in [1.807, 2.05) is 6.92 Å². The standard InChI is InChI=1S/C19H31N7O6/c1-4-9(2)15(26-16(28)12(20)6-14(21)27)18(30)25-13(5-11-7-22-8-23-11)17(29)24-10(3)19(31)32/h7-10,12-13,15H,4-6,20H2,1-3H3,(H2,21,27)(H,22,23)(H,24,29)(H,25,30)(H,26,28)(H,31,32). The zero-order valence-corrected chi connectivity index (χ0v) is 18.3. The summed E-state index contributed by atoms with van der Waals surface area (Å²) in [5.74, 6) is -4.46.